The molecule has 7 heteroatoms. The van der Waals surface area contributed by atoms with Gasteiger partial charge in [0.25, 0.3) is 5.91 Å². The third-order valence-corrected chi connectivity index (χ3v) is 6.14. The fourth-order valence-electron chi connectivity index (χ4n) is 4.01. The molecule has 0 aromatic heterocycles. The summed E-state index contributed by atoms with van der Waals surface area (Å²) in [4.78, 5) is 37.8. The third kappa shape index (κ3) is 3.37. The van der Waals surface area contributed by atoms with Crippen molar-refractivity contribution in [3.63, 3.8) is 0 Å². The second-order valence-corrected chi connectivity index (χ2v) is 8.32. The van der Waals surface area contributed by atoms with E-state index in [4.69, 9.17) is 0 Å². The number of fused-ring (bicyclic) bond motifs is 1. The number of carbonyl (C=O) groups excluding carboxylic acids is 3. The Hall–Kier alpha value is -2.25. The molecule has 3 aliphatic rings. The molecular formula is C20H26N4O3. The van der Waals surface area contributed by atoms with Crippen molar-refractivity contribution in [1.82, 2.24) is 20.9 Å². The summed E-state index contributed by atoms with van der Waals surface area (Å²) in [5.41, 5.74) is 2.80. The molecule has 3 aliphatic heterocycles. The van der Waals surface area contributed by atoms with Gasteiger partial charge >= 0.3 is 0 Å². The summed E-state index contributed by atoms with van der Waals surface area (Å²) in [6, 6.07) is 5.33. The predicted molar refractivity (Wildman–Crippen MR) is 99.8 cm³/mol. The van der Waals surface area contributed by atoms with Crippen LogP contribution in [-0.4, -0.2) is 47.3 Å². The number of nitrogens with one attached hydrogen (secondary N) is 3. The second kappa shape index (κ2) is 6.73. The Bertz CT molecular complexity index is 800. The van der Waals surface area contributed by atoms with Gasteiger partial charge in [0.2, 0.25) is 11.8 Å². The Kier molecular flexibility index (Phi) is 4.52. The highest BCUT2D eigenvalue weighted by molar-refractivity contribution is 6.05. The van der Waals surface area contributed by atoms with Crippen molar-refractivity contribution in [2.24, 2.45) is 5.92 Å². The minimum atomic E-state index is -0.561. The van der Waals surface area contributed by atoms with Crippen molar-refractivity contribution in [1.29, 1.82) is 0 Å². The van der Waals surface area contributed by atoms with Gasteiger partial charge in [0.15, 0.2) is 0 Å². The number of nitrogens with zero attached hydrogens (tertiary/aromatic N) is 1. The number of rotatable bonds is 5. The van der Waals surface area contributed by atoms with Crippen molar-refractivity contribution in [3.8, 4) is 0 Å². The lowest BCUT2D eigenvalue weighted by Gasteiger charge is -2.41. The number of amides is 3. The topological polar surface area (TPSA) is 90.5 Å². The lowest BCUT2D eigenvalue weighted by atomic mass is 9.83. The normalized spacial score (nSPS) is 23.3. The van der Waals surface area contributed by atoms with Crippen LogP contribution in [0.2, 0.25) is 0 Å². The van der Waals surface area contributed by atoms with E-state index in [-0.39, 0.29) is 29.7 Å². The van der Waals surface area contributed by atoms with E-state index < -0.39 is 6.04 Å². The molecule has 4 rings (SSSR count). The Morgan fingerprint density at radius 1 is 1.22 bits per heavy atom. The highest BCUT2D eigenvalue weighted by Crippen LogP contribution is 2.28. The molecule has 0 saturated carbocycles. The minimum Gasteiger partial charge on any atom is -0.322 e. The number of benzene rings is 1. The summed E-state index contributed by atoms with van der Waals surface area (Å²) in [6.45, 7) is 7.69. The van der Waals surface area contributed by atoms with Crippen LogP contribution < -0.4 is 16.0 Å². The quantitative estimate of drug-likeness (QED) is 0.658. The molecule has 1 atom stereocenters. The van der Waals surface area contributed by atoms with Crippen LogP contribution in [0.4, 0.5) is 0 Å². The first-order chi connectivity index (χ1) is 12.8. The van der Waals surface area contributed by atoms with E-state index in [1.165, 1.54) is 0 Å². The van der Waals surface area contributed by atoms with Crippen molar-refractivity contribution < 1.29 is 14.4 Å². The first-order valence-corrected chi connectivity index (χ1v) is 9.57. The molecular weight excluding hydrogens is 344 g/mol. The highest BCUT2D eigenvalue weighted by atomic mass is 16.2. The number of carbonyl (C=O) groups is 3. The zero-order chi connectivity index (χ0) is 19.2. The van der Waals surface area contributed by atoms with Gasteiger partial charge in [-0.05, 0) is 37.5 Å². The van der Waals surface area contributed by atoms with Gasteiger partial charge in [-0.1, -0.05) is 12.1 Å². The molecule has 1 aromatic carbocycles. The van der Waals surface area contributed by atoms with Gasteiger partial charge in [-0.25, -0.2) is 0 Å². The van der Waals surface area contributed by atoms with Crippen LogP contribution in [0.1, 0.15) is 48.2 Å². The molecule has 144 valence electrons. The molecule has 3 amide bonds. The van der Waals surface area contributed by atoms with Gasteiger partial charge in [0.1, 0.15) is 6.04 Å². The van der Waals surface area contributed by atoms with Crippen LogP contribution in [-0.2, 0) is 22.7 Å². The third-order valence-electron chi connectivity index (χ3n) is 6.14. The van der Waals surface area contributed by atoms with Crippen LogP contribution in [0.25, 0.3) is 0 Å². The van der Waals surface area contributed by atoms with E-state index in [9.17, 15) is 14.4 Å². The monoisotopic (exact) mass is 370 g/mol. The van der Waals surface area contributed by atoms with Gasteiger partial charge in [0, 0.05) is 49.6 Å². The summed E-state index contributed by atoms with van der Waals surface area (Å²) in [6.07, 6.45) is 0.666. The zero-order valence-corrected chi connectivity index (χ0v) is 15.8. The van der Waals surface area contributed by atoms with E-state index in [2.05, 4.69) is 35.9 Å². The van der Waals surface area contributed by atoms with E-state index in [1.54, 1.807) is 4.90 Å². The number of piperidine rings is 1. The maximum Gasteiger partial charge on any atom is 0.255 e. The predicted octanol–water partition coefficient (Wildman–Crippen LogP) is 0.535. The summed E-state index contributed by atoms with van der Waals surface area (Å²) in [5, 5.41) is 9.27. The smallest absolute Gasteiger partial charge is 0.255 e. The van der Waals surface area contributed by atoms with Crippen LogP contribution >= 0.6 is 0 Å². The average molecular weight is 370 g/mol. The number of hydrogen-bond donors (Lipinski definition) is 3. The SMILES string of the molecule is CC(C)(NCc1ccc2c(c1)CN(C1CCC(=O)NC1=O)C2=O)C1CNC1. The molecule has 3 N–H and O–H groups in total. The largest absolute Gasteiger partial charge is 0.322 e. The fourth-order valence-corrected chi connectivity index (χ4v) is 4.01. The summed E-state index contributed by atoms with van der Waals surface area (Å²) in [7, 11) is 0. The van der Waals surface area contributed by atoms with Crippen LogP contribution in [0, 0.1) is 5.92 Å². The Labute approximate surface area is 158 Å². The number of hydrogen-bond acceptors (Lipinski definition) is 5. The molecule has 3 heterocycles. The molecule has 0 bridgehead atoms. The molecule has 27 heavy (non-hydrogen) atoms. The minimum absolute atomic E-state index is 0.0544. The molecule has 1 unspecified atom stereocenters. The summed E-state index contributed by atoms with van der Waals surface area (Å²) in [5.74, 6) is -0.139. The molecule has 0 spiro atoms. The van der Waals surface area contributed by atoms with Gasteiger partial charge in [0.05, 0.1) is 0 Å². The average Bonchev–Trinajstić information content (AvgIpc) is 2.87. The maximum atomic E-state index is 12.7. The van der Waals surface area contributed by atoms with Crippen LogP contribution in [0.5, 0.6) is 0 Å². The Morgan fingerprint density at radius 2 is 2.00 bits per heavy atom. The highest BCUT2D eigenvalue weighted by Gasteiger charge is 2.39. The van der Waals surface area contributed by atoms with Crippen molar-refractivity contribution in [2.75, 3.05) is 13.1 Å². The first-order valence-electron chi connectivity index (χ1n) is 9.57. The Morgan fingerprint density at radius 3 is 2.67 bits per heavy atom. The maximum absolute atomic E-state index is 12.7. The van der Waals surface area contributed by atoms with Gasteiger partial charge in [-0.3, -0.25) is 19.7 Å². The van der Waals surface area contributed by atoms with Crippen molar-refractivity contribution >= 4 is 17.7 Å². The molecule has 2 saturated heterocycles. The first kappa shape index (κ1) is 18.1. The van der Waals surface area contributed by atoms with Gasteiger partial charge in [-0.15, -0.1) is 0 Å². The van der Waals surface area contributed by atoms with E-state index in [1.807, 2.05) is 12.1 Å². The van der Waals surface area contributed by atoms with Gasteiger partial charge < -0.3 is 15.5 Å². The fraction of sp³-hybridized carbons (Fsp3) is 0.550. The van der Waals surface area contributed by atoms with Crippen molar-refractivity contribution in [3.05, 3.63) is 34.9 Å². The second-order valence-electron chi connectivity index (χ2n) is 8.32. The lowest BCUT2D eigenvalue weighted by Crippen LogP contribution is -2.59. The van der Waals surface area contributed by atoms with E-state index >= 15 is 0 Å². The molecule has 7 nitrogen and oxygen atoms in total. The van der Waals surface area contributed by atoms with E-state index in [0.29, 0.717) is 24.4 Å². The molecule has 1 aromatic rings. The molecule has 0 radical (unpaired) electrons. The van der Waals surface area contributed by atoms with E-state index in [0.717, 1.165) is 30.8 Å². The van der Waals surface area contributed by atoms with Gasteiger partial charge in [-0.2, -0.15) is 0 Å². The molecule has 2 fully saturated rings. The van der Waals surface area contributed by atoms with Crippen molar-refractivity contribution in [2.45, 2.75) is 51.4 Å². The van der Waals surface area contributed by atoms with Crippen LogP contribution in [0.15, 0.2) is 18.2 Å². The molecule has 0 aliphatic carbocycles. The Balaban J connectivity index is 1.44. The summed E-state index contributed by atoms with van der Waals surface area (Å²) < 4.78 is 0. The zero-order valence-electron chi connectivity index (χ0n) is 15.8. The van der Waals surface area contributed by atoms with Crippen LogP contribution in [0.3, 0.4) is 0 Å². The summed E-state index contributed by atoms with van der Waals surface area (Å²) >= 11 is 0. The number of imide groups is 1. The standard InChI is InChI=1S/C20H26N4O3/c1-20(2,14-9-21-10-14)22-8-12-3-4-15-13(7-12)11-24(19(15)27)16-5-6-17(25)23-18(16)26/h3-4,7,14,16,21-22H,5-6,8-11H2,1-2H3,(H,23,25,26). The lowest BCUT2D eigenvalue weighted by molar-refractivity contribution is -0.136.